The minimum Gasteiger partial charge on any atom is -0.359 e. The largest absolute Gasteiger partial charge is 0.359 e. The second kappa shape index (κ2) is 3.63. The van der Waals surface area contributed by atoms with Crippen LogP contribution in [0.1, 0.15) is 26.7 Å². The van der Waals surface area contributed by atoms with Crippen molar-refractivity contribution in [3.05, 3.63) is 0 Å². The summed E-state index contributed by atoms with van der Waals surface area (Å²) < 4.78 is 0.502. The molecule has 2 aliphatic rings. The minimum atomic E-state index is 0.236. The summed E-state index contributed by atoms with van der Waals surface area (Å²) in [5, 5.41) is 4.61. The standard InChI is InChI=1S/C10H18N2S2/c1-9(2)7-14-8(12-9)11-6-10(13-3)4-5-10/h4-7H2,1-3H3,(H,11,12). The van der Waals surface area contributed by atoms with E-state index in [9.17, 15) is 0 Å². The van der Waals surface area contributed by atoms with E-state index >= 15 is 0 Å². The van der Waals surface area contributed by atoms with Crippen molar-refractivity contribution < 1.29 is 0 Å². The zero-order chi connectivity index (χ0) is 10.2. The number of nitrogens with one attached hydrogen (secondary N) is 1. The van der Waals surface area contributed by atoms with E-state index in [-0.39, 0.29) is 5.54 Å². The van der Waals surface area contributed by atoms with Gasteiger partial charge in [-0.2, -0.15) is 11.8 Å². The topological polar surface area (TPSA) is 24.4 Å². The van der Waals surface area contributed by atoms with Crippen LogP contribution in [0.4, 0.5) is 0 Å². The smallest absolute Gasteiger partial charge is 0.157 e. The summed E-state index contributed by atoms with van der Waals surface area (Å²) in [7, 11) is 0. The molecule has 1 saturated heterocycles. The quantitative estimate of drug-likeness (QED) is 0.805. The molecule has 1 N–H and O–H groups in total. The summed E-state index contributed by atoms with van der Waals surface area (Å²) in [4.78, 5) is 4.67. The van der Waals surface area contributed by atoms with E-state index in [0.717, 1.165) is 17.5 Å². The van der Waals surface area contributed by atoms with Crippen LogP contribution in [0.25, 0.3) is 0 Å². The van der Waals surface area contributed by atoms with E-state index in [1.54, 1.807) is 0 Å². The SMILES string of the molecule is CSC1(CN=C2NC(C)(C)CS2)CC1. The molecule has 80 valence electrons. The van der Waals surface area contributed by atoms with Gasteiger partial charge in [0, 0.05) is 16.0 Å². The summed E-state index contributed by atoms with van der Waals surface area (Å²) in [5.74, 6) is 1.14. The molecule has 0 aromatic carbocycles. The molecule has 2 fully saturated rings. The average Bonchev–Trinajstić information content (AvgIpc) is 2.84. The van der Waals surface area contributed by atoms with Crippen LogP contribution in [0.15, 0.2) is 4.99 Å². The molecule has 0 atom stereocenters. The molecule has 0 unspecified atom stereocenters. The second-order valence-electron chi connectivity index (χ2n) is 4.81. The molecule has 0 aromatic rings. The molecule has 0 aromatic heterocycles. The monoisotopic (exact) mass is 230 g/mol. The van der Waals surface area contributed by atoms with E-state index in [1.165, 1.54) is 12.8 Å². The first-order chi connectivity index (χ1) is 6.55. The predicted molar refractivity (Wildman–Crippen MR) is 67.5 cm³/mol. The number of nitrogens with zero attached hydrogens (tertiary/aromatic N) is 1. The van der Waals surface area contributed by atoms with Crippen LogP contribution in [0, 0.1) is 0 Å². The average molecular weight is 230 g/mol. The third-order valence-corrected chi connectivity index (χ3v) is 5.54. The molecule has 0 bridgehead atoms. The molecule has 14 heavy (non-hydrogen) atoms. The Morgan fingerprint density at radius 3 is 2.64 bits per heavy atom. The fourth-order valence-corrected chi connectivity index (χ4v) is 3.26. The van der Waals surface area contributed by atoms with Gasteiger partial charge in [-0.05, 0) is 32.9 Å². The Morgan fingerprint density at radius 1 is 1.50 bits per heavy atom. The van der Waals surface area contributed by atoms with Crippen LogP contribution in [-0.2, 0) is 0 Å². The molecule has 0 radical (unpaired) electrons. The molecule has 4 heteroatoms. The maximum absolute atomic E-state index is 4.67. The Labute approximate surface area is 94.7 Å². The summed E-state index contributed by atoms with van der Waals surface area (Å²) in [6.45, 7) is 5.45. The molecule has 1 heterocycles. The highest BCUT2D eigenvalue weighted by Crippen LogP contribution is 2.47. The number of amidine groups is 1. The maximum atomic E-state index is 4.67. The van der Waals surface area contributed by atoms with Crippen molar-refractivity contribution in [3.63, 3.8) is 0 Å². The van der Waals surface area contributed by atoms with Crippen molar-refractivity contribution in [1.29, 1.82) is 0 Å². The first-order valence-electron chi connectivity index (χ1n) is 5.06. The lowest BCUT2D eigenvalue weighted by Crippen LogP contribution is -2.37. The third kappa shape index (κ3) is 2.40. The molecule has 0 spiro atoms. The van der Waals surface area contributed by atoms with Crippen molar-refractivity contribution >= 4 is 28.7 Å². The number of hydrogen-bond acceptors (Lipinski definition) is 3. The summed E-state index contributed by atoms with van der Waals surface area (Å²) in [6.07, 6.45) is 4.89. The van der Waals surface area contributed by atoms with Crippen LogP contribution >= 0.6 is 23.5 Å². The van der Waals surface area contributed by atoms with Crippen LogP contribution in [-0.4, -0.2) is 34.0 Å². The van der Waals surface area contributed by atoms with Gasteiger partial charge in [-0.1, -0.05) is 11.8 Å². The molecular formula is C10H18N2S2. The van der Waals surface area contributed by atoms with Crippen molar-refractivity contribution in [3.8, 4) is 0 Å². The van der Waals surface area contributed by atoms with Crippen LogP contribution in [0.5, 0.6) is 0 Å². The van der Waals surface area contributed by atoms with Crippen molar-refractivity contribution in [2.75, 3.05) is 18.6 Å². The Kier molecular flexibility index (Phi) is 2.77. The van der Waals surface area contributed by atoms with Gasteiger partial charge in [0.05, 0.1) is 6.54 Å². The summed E-state index contributed by atoms with van der Waals surface area (Å²) in [5.41, 5.74) is 0.236. The van der Waals surface area contributed by atoms with Crippen molar-refractivity contribution in [2.24, 2.45) is 4.99 Å². The minimum absolute atomic E-state index is 0.236. The van der Waals surface area contributed by atoms with Crippen molar-refractivity contribution in [2.45, 2.75) is 37.0 Å². The maximum Gasteiger partial charge on any atom is 0.157 e. The molecule has 1 saturated carbocycles. The number of aliphatic imine (C=N–C) groups is 1. The molecule has 1 aliphatic carbocycles. The van der Waals surface area contributed by atoms with Crippen LogP contribution in [0.2, 0.25) is 0 Å². The van der Waals surface area contributed by atoms with Gasteiger partial charge < -0.3 is 5.32 Å². The van der Waals surface area contributed by atoms with Gasteiger partial charge in [0.1, 0.15) is 0 Å². The van der Waals surface area contributed by atoms with Crippen LogP contribution < -0.4 is 5.32 Å². The van der Waals surface area contributed by atoms with E-state index in [4.69, 9.17) is 0 Å². The van der Waals surface area contributed by atoms with E-state index in [2.05, 4.69) is 30.4 Å². The summed E-state index contributed by atoms with van der Waals surface area (Å²) in [6, 6.07) is 0. The third-order valence-electron chi connectivity index (χ3n) is 2.77. The molecule has 0 amide bonds. The van der Waals surface area contributed by atoms with Gasteiger partial charge in [0.25, 0.3) is 0 Å². The Hall–Kier alpha value is 0.170. The van der Waals surface area contributed by atoms with Gasteiger partial charge in [-0.25, -0.2) is 0 Å². The van der Waals surface area contributed by atoms with E-state index in [1.807, 2.05) is 23.5 Å². The highest BCUT2D eigenvalue weighted by atomic mass is 32.2. The predicted octanol–water partition coefficient (Wildman–Crippen LogP) is 2.35. The Morgan fingerprint density at radius 2 is 2.21 bits per heavy atom. The number of thioether (sulfide) groups is 2. The molecule has 2 rings (SSSR count). The Balaban J connectivity index is 1.88. The van der Waals surface area contributed by atoms with Gasteiger partial charge in [0.2, 0.25) is 0 Å². The van der Waals surface area contributed by atoms with E-state index in [0.29, 0.717) is 4.75 Å². The van der Waals surface area contributed by atoms with Gasteiger partial charge in [0.15, 0.2) is 5.17 Å². The normalized spacial score (nSPS) is 30.4. The first-order valence-corrected chi connectivity index (χ1v) is 7.27. The lowest BCUT2D eigenvalue weighted by Gasteiger charge is -2.16. The fraction of sp³-hybridized carbons (Fsp3) is 0.900. The van der Waals surface area contributed by atoms with Gasteiger partial charge in [-0.3, -0.25) is 4.99 Å². The molecule has 2 nitrogen and oxygen atoms in total. The lowest BCUT2D eigenvalue weighted by molar-refractivity contribution is 0.536. The van der Waals surface area contributed by atoms with Gasteiger partial charge >= 0.3 is 0 Å². The van der Waals surface area contributed by atoms with Crippen molar-refractivity contribution in [1.82, 2.24) is 5.32 Å². The Bertz CT molecular complexity index is 257. The zero-order valence-corrected chi connectivity index (χ0v) is 10.7. The zero-order valence-electron chi connectivity index (χ0n) is 9.09. The first kappa shape index (κ1) is 10.7. The van der Waals surface area contributed by atoms with Crippen LogP contribution in [0.3, 0.4) is 0 Å². The second-order valence-corrected chi connectivity index (χ2v) is 7.04. The highest BCUT2D eigenvalue weighted by molar-refractivity contribution is 8.14. The summed E-state index contributed by atoms with van der Waals surface area (Å²) >= 11 is 3.84. The molecule has 1 aliphatic heterocycles. The lowest BCUT2D eigenvalue weighted by atomic mass is 10.1. The highest BCUT2D eigenvalue weighted by Gasteiger charge is 2.42. The number of rotatable bonds is 3. The number of hydrogen-bond donors (Lipinski definition) is 1. The fourth-order valence-electron chi connectivity index (χ4n) is 1.48. The molecular weight excluding hydrogens is 212 g/mol. The van der Waals surface area contributed by atoms with E-state index < -0.39 is 0 Å². The van der Waals surface area contributed by atoms with Gasteiger partial charge in [-0.15, -0.1) is 0 Å².